The molecule has 1 aliphatic heterocycles. The lowest BCUT2D eigenvalue weighted by molar-refractivity contribution is -0.252. The van der Waals surface area contributed by atoms with Crippen molar-refractivity contribution in [2.45, 2.75) is 44.6 Å². The third kappa shape index (κ3) is 8.65. The van der Waals surface area contributed by atoms with Gasteiger partial charge in [0, 0.05) is 38.2 Å². The van der Waals surface area contributed by atoms with Gasteiger partial charge < -0.3 is 30.1 Å². The molecule has 0 saturated carbocycles. The van der Waals surface area contributed by atoms with Crippen molar-refractivity contribution in [1.29, 1.82) is 0 Å². The summed E-state index contributed by atoms with van der Waals surface area (Å²) in [6, 6.07) is 34.0. The number of urea groups is 1. The monoisotopic (exact) mass is 591 g/mol. The van der Waals surface area contributed by atoms with E-state index < -0.39 is 6.29 Å². The van der Waals surface area contributed by atoms with Crippen LogP contribution >= 0.6 is 0 Å². The molecule has 0 radical (unpaired) electrons. The number of hydrogen-bond donors (Lipinski definition) is 3. The fourth-order valence-corrected chi connectivity index (χ4v) is 5.42. The molecule has 0 aromatic heterocycles. The van der Waals surface area contributed by atoms with Crippen LogP contribution < -0.4 is 10.6 Å². The minimum atomic E-state index is -0.536. The second kappa shape index (κ2) is 15.5. The summed E-state index contributed by atoms with van der Waals surface area (Å²) in [7, 11) is 2.07. The zero-order valence-corrected chi connectivity index (χ0v) is 25.2. The second-order valence-corrected chi connectivity index (χ2v) is 11.2. The summed E-state index contributed by atoms with van der Waals surface area (Å²) in [5, 5.41) is 15.3. The van der Waals surface area contributed by atoms with Gasteiger partial charge in [-0.1, -0.05) is 97.1 Å². The van der Waals surface area contributed by atoms with E-state index in [0.29, 0.717) is 13.1 Å². The average molecular weight is 592 g/mol. The molecule has 2 amide bonds. The molecule has 7 heteroatoms. The number of nitrogens with one attached hydrogen (secondary N) is 2. The highest BCUT2D eigenvalue weighted by Gasteiger charge is 2.32. The number of rotatable bonds is 12. The molecule has 228 valence electrons. The van der Waals surface area contributed by atoms with E-state index in [-0.39, 0.29) is 24.8 Å². The number of likely N-dealkylation sites (N-methyl/N-ethyl adjacent to an activating group) is 1. The number of carbonyl (C=O) groups is 1. The van der Waals surface area contributed by atoms with Gasteiger partial charge in [0.1, 0.15) is 0 Å². The minimum Gasteiger partial charge on any atom is -0.392 e. The van der Waals surface area contributed by atoms with Crippen LogP contribution in [0.15, 0.2) is 116 Å². The van der Waals surface area contributed by atoms with Gasteiger partial charge in [-0.25, -0.2) is 4.79 Å². The number of amides is 2. The van der Waals surface area contributed by atoms with Gasteiger partial charge in [-0.2, -0.15) is 0 Å². The van der Waals surface area contributed by atoms with E-state index in [1.807, 2.05) is 84.9 Å². The Balaban J connectivity index is 1.28. The predicted molar refractivity (Wildman–Crippen MR) is 174 cm³/mol. The molecule has 44 heavy (non-hydrogen) atoms. The van der Waals surface area contributed by atoms with Crippen LogP contribution in [-0.2, 0) is 29.2 Å². The summed E-state index contributed by atoms with van der Waals surface area (Å²) in [5.74, 6) is 0. The molecule has 0 aliphatic carbocycles. The van der Waals surface area contributed by atoms with Crippen molar-refractivity contribution < 1.29 is 19.4 Å². The Bertz CT molecular complexity index is 1510. The van der Waals surface area contributed by atoms with Gasteiger partial charge in [-0.3, -0.25) is 0 Å². The van der Waals surface area contributed by atoms with E-state index in [2.05, 4.69) is 53.4 Å². The van der Waals surface area contributed by atoms with Crippen LogP contribution in [0.1, 0.15) is 46.6 Å². The molecule has 4 aromatic carbocycles. The van der Waals surface area contributed by atoms with E-state index in [1.54, 1.807) is 0 Å². The van der Waals surface area contributed by atoms with E-state index in [0.717, 1.165) is 58.5 Å². The molecule has 0 bridgehead atoms. The van der Waals surface area contributed by atoms with Crippen molar-refractivity contribution in [3.63, 3.8) is 0 Å². The summed E-state index contributed by atoms with van der Waals surface area (Å²) in [5.41, 5.74) is 7.03. The third-order valence-electron chi connectivity index (χ3n) is 7.74. The predicted octanol–water partition coefficient (Wildman–Crippen LogP) is 6.51. The lowest BCUT2D eigenvalue weighted by atomic mass is 9.98. The highest BCUT2D eigenvalue weighted by Crippen LogP contribution is 2.39. The number of ether oxygens (including phenoxy) is 2. The van der Waals surface area contributed by atoms with Crippen LogP contribution in [-0.4, -0.2) is 42.3 Å². The molecular weight excluding hydrogens is 550 g/mol. The molecule has 0 unspecified atom stereocenters. The minimum absolute atomic E-state index is 0.0119. The van der Waals surface area contributed by atoms with Crippen LogP contribution in [0.4, 0.5) is 4.79 Å². The van der Waals surface area contributed by atoms with Crippen molar-refractivity contribution in [2.24, 2.45) is 0 Å². The lowest BCUT2D eigenvalue weighted by Crippen LogP contribution is -2.37. The highest BCUT2D eigenvalue weighted by molar-refractivity contribution is 5.74. The maximum Gasteiger partial charge on any atom is 0.315 e. The SMILES string of the molecule is C=CCN(C)C[C@H]1C[C@@H](c2ccc(CO)cc2)O[C@@H](c2cccc(-c3cccc(CNC(=O)NCc4ccccc4)c3)c2)O1. The van der Waals surface area contributed by atoms with Gasteiger partial charge >= 0.3 is 6.03 Å². The Morgan fingerprint density at radius 1 is 0.841 bits per heavy atom. The standard InChI is InChI=1S/C37H41N3O4/c1-3-19-40(2)25-34-22-35(30-17-15-28(26-41)16-18-30)44-36(43-34)33-14-8-13-32(21-33)31-12-7-11-29(20-31)24-39-37(42)38-23-27-9-5-4-6-10-27/h3-18,20-21,34-36,41H,1,19,22-26H2,2H3,(H2,38,39,42)/t34-,35+,36+/m1/s1. The van der Waals surface area contributed by atoms with Crippen LogP contribution in [0.3, 0.4) is 0 Å². The van der Waals surface area contributed by atoms with Gasteiger partial charge in [-0.05, 0) is 52.6 Å². The number of aliphatic hydroxyl groups excluding tert-OH is 1. The largest absolute Gasteiger partial charge is 0.392 e. The van der Waals surface area contributed by atoms with Crippen LogP contribution in [0, 0.1) is 0 Å². The van der Waals surface area contributed by atoms with Gasteiger partial charge in [-0.15, -0.1) is 6.58 Å². The molecular formula is C37H41N3O4. The second-order valence-electron chi connectivity index (χ2n) is 11.2. The molecule has 4 aromatic rings. The summed E-state index contributed by atoms with van der Waals surface area (Å²) in [6.45, 7) is 6.30. The van der Waals surface area contributed by atoms with Crippen molar-refractivity contribution in [3.05, 3.63) is 144 Å². The first kappa shape index (κ1) is 31.2. The van der Waals surface area contributed by atoms with Gasteiger partial charge in [0.2, 0.25) is 0 Å². The fraction of sp³-hybridized carbons (Fsp3) is 0.270. The molecule has 3 atom stereocenters. The van der Waals surface area contributed by atoms with Crippen molar-refractivity contribution in [1.82, 2.24) is 15.5 Å². The molecule has 1 heterocycles. The van der Waals surface area contributed by atoms with Crippen LogP contribution in [0.5, 0.6) is 0 Å². The summed E-state index contributed by atoms with van der Waals surface area (Å²) >= 11 is 0. The van der Waals surface area contributed by atoms with Crippen LogP contribution in [0.2, 0.25) is 0 Å². The highest BCUT2D eigenvalue weighted by atomic mass is 16.7. The molecule has 3 N–H and O–H groups in total. The Kier molecular flexibility index (Phi) is 10.9. The maximum absolute atomic E-state index is 12.4. The first-order chi connectivity index (χ1) is 21.5. The zero-order chi connectivity index (χ0) is 30.7. The van der Waals surface area contributed by atoms with Crippen molar-refractivity contribution in [2.75, 3.05) is 20.1 Å². The topological polar surface area (TPSA) is 83.1 Å². The summed E-state index contributed by atoms with van der Waals surface area (Å²) in [6.07, 6.45) is 1.91. The Morgan fingerprint density at radius 3 is 2.25 bits per heavy atom. The lowest BCUT2D eigenvalue weighted by Gasteiger charge is -2.37. The van der Waals surface area contributed by atoms with E-state index in [9.17, 15) is 9.90 Å². The molecule has 0 spiro atoms. The third-order valence-corrected chi connectivity index (χ3v) is 7.74. The van der Waals surface area contributed by atoms with Gasteiger partial charge in [0.25, 0.3) is 0 Å². The number of hydrogen-bond acceptors (Lipinski definition) is 5. The Hall–Kier alpha value is -4.27. The smallest absolute Gasteiger partial charge is 0.315 e. The first-order valence-electron chi connectivity index (χ1n) is 15.1. The summed E-state index contributed by atoms with van der Waals surface area (Å²) in [4.78, 5) is 14.6. The van der Waals surface area contributed by atoms with Crippen LogP contribution in [0.25, 0.3) is 11.1 Å². The van der Waals surface area contributed by atoms with E-state index in [1.165, 1.54) is 0 Å². The van der Waals surface area contributed by atoms with E-state index in [4.69, 9.17) is 9.47 Å². The molecule has 7 nitrogen and oxygen atoms in total. The number of benzene rings is 4. The Labute approximate surface area is 260 Å². The summed E-state index contributed by atoms with van der Waals surface area (Å²) < 4.78 is 13.1. The fourth-order valence-electron chi connectivity index (χ4n) is 5.42. The quantitative estimate of drug-likeness (QED) is 0.164. The normalized spacial score (nSPS) is 18.1. The van der Waals surface area contributed by atoms with Gasteiger partial charge in [0.05, 0.1) is 18.8 Å². The average Bonchev–Trinajstić information content (AvgIpc) is 3.07. The van der Waals surface area contributed by atoms with E-state index >= 15 is 0 Å². The molecule has 1 saturated heterocycles. The Morgan fingerprint density at radius 2 is 1.52 bits per heavy atom. The maximum atomic E-state index is 12.4. The number of nitrogens with zero attached hydrogens (tertiary/aromatic N) is 1. The molecule has 5 rings (SSSR count). The zero-order valence-electron chi connectivity index (χ0n) is 25.2. The number of aliphatic hydroxyl groups is 1. The number of carbonyl (C=O) groups excluding carboxylic acids is 1. The molecule has 1 aliphatic rings. The van der Waals surface area contributed by atoms with Crippen molar-refractivity contribution >= 4 is 6.03 Å². The van der Waals surface area contributed by atoms with Gasteiger partial charge in [0.15, 0.2) is 6.29 Å². The first-order valence-corrected chi connectivity index (χ1v) is 15.1. The molecule has 1 fully saturated rings. The van der Waals surface area contributed by atoms with Crippen molar-refractivity contribution in [3.8, 4) is 11.1 Å².